The SMILES string of the molecule is COc1ccc(F)cc1S(=O)(=O)N1CCN(c2cc(Nc3cc(C)ccn3)ncn2)CC1. The molecule has 0 amide bonds. The first-order valence-electron chi connectivity index (χ1n) is 9.97. The Bertz CT molecular complexity index is 1220. The van der Waals surface area contributed by atoms with E-state index < -0.39 is 15.8 Å². The maximum atomic E-state index is 13.7. The summed E-state index contributed by atoms with van der Waals surface area (Å²) in [6.07, 6.45) is 3.17. The van der Waals surface area contributed by atoms with Crippen molar-refractivity contribution in [3.63, 3.8) is 0 Å². The van der Waals surface area contributed by atoms with Crippen LogP contribution < -0.4 is 15.0 Å². The van der Waals surface area contributed by atoms with E-state index >= 15 is 0 Å². The number of ether oxygens (including phenoxy) is 1. The number of hydrogen-bond acceptors (Lipinski definition) is 8. The minimum atomic E-state index is -3.90. The fourth-order valence-electron chi connectivity index (χ4n) is 3.47. The van der Waals surface area contributed by atoms with Gasteiger partial charge in [-0.3, -0.25) is 0 Å². The molecule has 0 saturated carbocycles. The Kier molecular flexibility index (Phi) is 6.19. The summed E-state index contributed by atoms with van der Waals surface area (Å²) in [5.74, 6) is 1.43. The molecule has 11 heteroatoms. The van der Waals surface area contributed by atoms with E-state index in [1.54, 1.807) is 12.3 Å². The van der Waals surface area contributed by atoms with Crippen LogP contribution in [0.2, 0.25) is 0 Å². The number of sulfonamides is 1. The van der Waals surface area contributed by atoms with Crippen LogP contribution in [0.5, 0.6) is 5.75 Å². The second-order valence-electron chi connectivity index (χ2n) is 7.29. The van der Waals surface area contributed by atoms with Gasteiger partial charge in [0.15, 0.2) is 0 Å². The van der Waals surface area contributed by atoms with Crippen LogP contribution in [-0.4, -0.2) is 61.0 Å². The molecule has 0 spiro atoms. The van der Waals surface area contributed by atoms with Crippen molar-refractivity contribution in [2.75, 3.05) is 43.5 Å². The maximum absolute atomic E-state index is 13.7. The molecule has 168 valence electrons. The van der Waals surface area contributed by atoms with Gasteiger partial charge in [-0.05, 0) is 42.8 Å². The van der Waals surface area contributed by atoms with Crippen molar-refractivity contribution in [3.8, 4) is 5.75 Å². The van der Waals surface area contributed by atoms with Gasteiger partial charge in [0.25, 0.3) is 0 Å². The summed E-state index contributed by atoms with van der Waals surface area (Å²) in [5.41, 5.74) is 1.07. The zero-order chi connectivity index (χ0) is 22.7. The van der Waals surface area contributed by atoms with Crippen LogP contribution in [0.15, 0.2) is 53.8 Å². The van der Waals surface area contributed by atoms with E-state index in [4.69, 9.17) is 4.74 Å². The van der Waals surface area contributed by atoms with Gasteiger partial charge in [-0.2, -0.15) is 4.31 Å². The van der Waals surface area contributed by atoms with Gasteiger partial charge in [0.2, 0.25) is 10.0 Å². The Balaban J connectivity index is 1.47. The number of hydrogen-bond donors (Lipinski definition) is 1. The first kappa shape index (κ1) is 21.9. The van der Waals surface area contributed by atoms with Crippen LogP contribution in [0.4, 0.5) is 21.8 Å². The fourth-order valence-corrected chi connectivity index (χ4v) is 5.06. The molecule has 1 N–H and O–H groups in total. The van der Waals surface area contributed by atoms with Crippen molar-refractivity contribution < 1.29 is 17.5 Å². The third-order valence-corrected chi connectivity index (χ3v) is 7.05. The van der Waals surface area contributed by atoms with Gasteiger partial charge in [0, 0.05) is 38.4 Å². The van der Waals surface area contributed by atoms with Gasteiger partial charge in [0.1, 0.15) is 40.2 Å². The summed E-state index contributed by atoms with van der Waals surface area (Å²) in [7, 11) is -2.54. The number of halogens is 1. The Hall–Kier alpha value is -3.31. The number of aryl methyl sites for hydroxylation is 1. The number of aromatic nitrogens is 3. The summed E-state index contributed by atoms with van der Waals surface area (Å²) in [4.78, 5) is 14.6. The minimum absolute atomic E-state index is 0.116. The van der Waals surface area contributed by atoms with Crippen LogP contribution in [0, 0.1) is 12.7 Å². The number of pyridine rings is 1. The highest BCUT2D eigenvalue weighted by molar-refractivity contribution is 7.89. The quantitative estimate of drug-likeness (QED) is 0.602. The summed E-state index contributed by atoms with van der Waals surface area (Å²) in [6, 6.07) is 9.08. The molecule has 0 atom stereocenters. The molecule has 32 heavy (non-hydrogen) atoms. The first-order chi connectivity index (χ1) is 15.4. The monoisotopic (exact) mass is 458 g/mol. The predicted molar refractivity (Wildman–Crippen MR) is 118 cm³/mol. The number of nitrogens with zero attached hydrogens (tertiary/aromatic N) is 5. The minimum Gasteiger partial charge on any atom is -0.495 e. The van der Waals surface area contributed by atoms with Crippen LogP contribution in [0.1, 0.15) is 5.56 Å². The molecule has 1 aromatic carbocycles. The average molecular weight is 459 g/mol. The summed E-state index contributed by atoms with van der Waals surface area (Å²) in [6.45, 7) is 3.29. The van der Waals surface area contributed by atoms with Crippen molar-refractivity contribution >= 4 is 27.5 Å². The van der Waals surface area contributed by atoms with Crippen molar-refractivity contribution in [2.24, 2.45) is 0 Å². The Morgan fingerprint density at radius 3 is 2.47 bits per heavy atom. The van der Waals surface area contributed by atoms with Gasteiger partial charge in [-0.1, -0.05) is 0 Å². The molecule has 4 rings (SSSR count). The molecule has 0 unspecified atom stereocenters. The number of nitrogens with one attached hydrogen (secondary N) is 1. The van der Waals surface area contributed by atoms with Gasteiger partial charge >= 0.3 is 0 Å². The lowest BCUT2D eigenvalue weighted by Crippen LogP contribution is -2.49. The molecule has 1 fully saturated rings. The molecule has 3 heterocycles. The Labute approximate surface area is 185 Å². The summed E-state index contributed by atoms with van der Waals surface area (Å²) >= 11 is 0. The standard InChI is InChI=1S/C21H23FN6O3S/c1-15-5-6-23-19(11-15)26-20-13-21(25-14-24-20)27-7-9-28(10-8-27)32(29,30)18-12-16(22)3-4-17(18)31-2/h3-6,11-14H,7-10H2,1-2H3,(H,23,24,25,26). The van der Waals surface area contributed by atoms with Crippen LogP contribution in [0.25, 0.3) is 0 Å². The second-order valence-corrected chi connectivity index (χ2v) is 9.20. The number of methoxy groups -OCH3 is 1. The normalized spacial score (nSPS) is 14.9. The van der Waals surface area contributed by atoms with E-state index in [2.05, 4.69) is 20.3 Å². The Morgan fingerprint density at radius 2 is 1.75 bits per heavy atom. The summed E-state index contributed by atoms with van der Waals surface area (Å²) in [5, 5.41) is 3.15. The van der Waals surface area contributed by atoms with Gasteiger partial charge in [-0.25, -0.2) is 27.8 Å². The topological polar surface area (TPSA) is 101 Å². The fraction of sp³-hybridized carbons (Fsp3) is 0.286. The lowest BCUT2D eigenvalue weighted by molar-refractivity contribution is 0.372. The van der Waals surface area contributed by atoms with Crippen molar-refractivity contribution in [2.45, 2.75) is 11.8 Å². The lowest BCUT2D eigenvalue weighted by atomic mass is 10.3. The van der Waals surface area contributed by atoms with Crippen LogP contribution in [-0.2, 0) is 10.0 Å². The summed E-state index contributed by atoms with van der Waals surface area (Å²) < 4.78 is 46.3. The highest BCUT2D eigenvalue weighted by Crippen LogP contribution is 2.29. The smallest absolute Gasteiger partial charge is 0.246 e. The van der Waals surface area contributed by atoms with E-state index in [1.165, 1.54) is 29.9 Å². The predicted octanol–water partition coefficient (Wildman–Crippen LogP) is 2.58. The zero-order valence-corrected chi connectivity index (χ0v) is 18.5. The molecule has 9 nitrogen and oxygen atoms in total. The number of piperazine rings is 1. The second kappa shape index (κ2) is 9.05. The first-order valence-corrected chi connectivity index (χ1v) is 11.4. The van der Waals surface area contributed by atoms with Crippen molar-refractivity contribution in [1.82, 2.24) is 19.3 Å². The molecule has 1 aliphatic rings. The Morgan fingerprint density at radius 1 is 1.00 bits per heavy atom. The van der Waals surface area contributed by atoms with Crippen LogP contribution >= 0.6 is 0 Å². The van der Waals surface area contributed by atoms with E-state index in [9.17, 15) is 12.8 Å². The molecule has 0 aliphatic carbocycles. The molecule has 2 aromatic heterocycles. The molecule has 1 saturated heterocycles. The molecular weight excluding hydrogens is 435 g/mol. The van der Waals surface area contributed by atoms with E-state index in [1.807, 2.05) is 24.0 Å². The molecule has 0 bridgehead atoms. The van der Waals surface area contributed by atoms with E-state index in [0.29, 0.717) is 30.5 Å². The number of benzene rings is 1. The molecular formula is C21H23FN6O3S. The molecule has 3 aromatic rings. The lowest BCUT2D eigenvalue weighted by Gasteiger charge is -2.34. The maximum Gasteiger partial charge on any atom is 0.246 e. The van der Waals surface area contributed by atoms with Crippen molar-refractivity contribution in [3.05, 3.63) is 60.3 Å². The zero-order valence-electron chi connectivity index (χ0n) is 17.7. The van der Waals surface area contributed by atoms with Gasteiger partial charge < -0.3 is 15.0 Å². The third-order valence-electron chi connectivity index (χ3n) is 5.13. The molecule has 0 radical (unpaired) electrons. The molecule has 1 aliphatic heterocycles. The third kappa shape index (κ3) is 4.63. The van der Waals surface area contributed by atoms with E-state index in [-0.39, 0.29) is 23.7 Å². The number of rotatable bonds is 6. The highest BCUT2D eigenvalue weighted by atomic mass is 32.2. The average Bonchev–Trinajstić information content (AvgIpc) is 2.79. The highest BCUT2D eigenvalue weighted by Gasteiger charge is 2.31. The van der Waals surface area contributed by atoms with Gasteiger partial charge in [0.05, 0.1) is 7.11 Å². The number of anilines is 3. The van der Waals surface area contributed by atoms with Crippen LogP contribution in [0.3, 0.4) is 0 Å². The van der Waals surface area contributed by atoms with Crippen molar-refractivity contribution in [1.29, 1.82) is 0 Å². The van der Waals surface area contributed by atoms with Gasteiger partial charge in [-0.15, -0.1) is 0 Å². The van der Waals surface area contributed by atoms with E-state index in [0.717, 1.165) is 11.6 Å². The largest absolute Gasteiger partial charge is 0.495 e.